The predicted octanol–water partition coefficient (Wildman–Crippen LogP) is 3.55. The highest BCUT2D eigenvalue weighted by atomic mass is 32.2. The molecule has 4 nitrogen and oxygen atoms in total. The van der Waals surface area contributed by atoms with E-state index >= 15 is 0 Å². The molecule has 0 fully saturated rings. The Labute approximate surface area is 145 Å². The molecule has 0 saturated heterocycles. The topological polar surface area (TPSA) is 50.3 Å². The molecule has 0 amide bonds. The largest absolute Gasteiger partial charge is 0.261 e. The molecule has 130 valence electrons. The molecule has 0 saturated carbocycles. The molecule has 0 spiro atoms. The van der Waals surface area contributed by atoms with Crippen LogP contribution in [0.5, 0.6) is 0 Å². The number of aryl methyl sites for hydroxylation is 1. The normalized spacial score (nSPS) is 12.6. The summed E-state index contributed by atoms with van der Waals surface area (Å²) in [6.45, 7) is 8.49. The van der Waals surface area contributed by atoms with Gasteiger partial charge in [-0.15, -0.1) is 0 Å². The van der Waals surface area contributed by atoms with E-state index in [1.807, 2.05) is 43.3 Å². The predicted molar refractivity (Wildman–Crippen MR) is 97.6 cm³/mol. The van der Waals surface area contributed by atoms with Crippen LogP contribution in [0.4, 0.5) is 0 Å². The first-order valence-corrected chi connectivity index (χ1v) is 9.54. The minimum Gasteiger partial charge on any atom is -0.261 e. The quantitative estimate of drug-likeness (QED) is 0.832. The maximum Gasteiger partial charge on any atom is 0.243 e. The van der Waals surface area contributed by atoms with Crippen LogP contribution in [-0.2, 0) is 21.9 Å². The van der Waals surface area contributed by atoms with Crippen molar-refractivity contribution in [2.24, 2.45) is 0 Å². The number of pyridine rings is 1. The number of likely N-dealkylation sites (N-methyl/N-ethyl adjacent to an activating group) is 1. The van der Waals surface area contributed by atoms with E-state index in [9.17, 15) is 8.42 Å². The van der Waals surface area contributed by atoms with E-state index < -0.39 is 10.0 Å². The lowest BCUT2D eigenvalue weighted by Crippen LogP contribution is -2.30. The van der Waals surface area contributed by atoms with Gasteiger partial charge in [-0.1, -0.05) is 39.0 Å². The van der Waals surface area contributed by atoms with E-state index in [-0.39, 0.29) is 5.41 Å². The molecule has 0 N–H and O–H groups in total. The van der Waals surface area contributed by atoms with Gasteiger partial charge in [0.25, 0.3) is 0 Å². The van der Waals surface area contributed by atoms with E-state index in [0.29, 0.717) is 17.9 Å². The number of sulfonamides is 1. The molecule has 1 heterocycles. The van der Waals surface area contributed by atoms with Gasteiger partial charge in [-0.05, 0) is 41.7 Å². The van der Waals surface area contributed by atoms with Crippen molar-refractivity contribution in [1.82, 2.24) is 9.29 Å². The van der Waals surface area contributed by atoms with E-state index in [2.05, 4.69) is 25.8 Å². The van der Waals surface area contributed by atoms with Crippen molar-refractivity contribution in [3.8, 4) is 0 Å². The zero-order valence-electron chi connectivity index (χ0n) is 15.1. The van der Waals surface area contributed by atoms with Crippen molar-refractivity contribution < 1.29 is 8.42 Å². The summed E-state index contributed by atoms with van der Waals surface area (Å²) >= 11 is 0. The molecule has 5 heteroatoms. The average molecular weight is 346 g/mol. The standard InChI is InChI=1S/C19H26N2O2S/c1-15-9-10-16(19(2,3)4)14-18(15)24(22,23)21(5)13-11-17-8-6-7-12-20-17/h6-10,12,14H,11,13H2,1-5H3. The van der Waals surface area contributed by atoms with Gasteiger partial charge in [0.2, 0.25) is 10.0 Å². The van der Waals surface area contributed by atoms with Gasteiger partial charge in [-0.25, -0.2) is 12.7 Å². The van der Waals surface area contributed by atoms with Gasteiger partial charge in [0, 0.05) is 31.9 Å². The Kier molecular flexibility index (Phi) is 5.45. The van der Waals surface area contributed by atoms with Crippen LogP contribution in [0.3, 0.4) is 0 Å². The zero-order chi connectivity index (χ0) is 18.0. The minimum absolute atomic E-state index is 0.0928. The van der Waals surface area contributed by atoms with Crippen LogP contribution in [0.25, 0.3) is 0 Å². The maximum atomic E-state index is 13.0. The van der Waals surface area contributed by atoms with Crippen molar-refractivity contribution in [2.75, 3.05) is 13.6 Å². The molecule has 0 aliphatic heterocycles. The summed E-state index contributed by atoms with van der Waals surface area (Å²) in [7, 11) is -1.89. The molecule has 2 aromatic rings. The fourth-order valence-corrected chi connectivity index (χ4v) is 3.87. The first-order valence-electron chi connectivity index (χ1n) is 8.10. The zero-order valence-corrected chi connectivity index (χ0v) is 15.9. The summed E-state index contributed by atoms with van der Waals surface area (Å²) < 4.78 is 27.3. The van der Waals surface area contributed by atoms with Crippen LogP contribution in [0.2, 0.25) is 0 Å². The molecule has 0 bridgehead atoms. The van der Waals surface area contributed by atoms with Crippen LogP contribution < -0.4 is 0 Å². The van der Waals surface area contributed by atoms with Crippen LogP contribution in [0.15, 0.2) is 47.5 Å². The van der Waals surface area contributed by atoms with Gasteiger partial charge in [0.05, 0.1) is 4.90 Å². The third-order valence-corrected chi connectivity index (χ3v) is 6.15. The molecule has 0 aliphatic carbocycles. The summed E-state index contributed by atoms with van der Waals surface area (Å²) in [5.74, 6) is 0. The molecule has 2 rings (SSSR count). The highest BCUT2D eigenvalue weighted by Crippen LogP contribution is 2.28. The van der Waals surface area contributed by atoms with Crippen LogP contribution in [-0.4, -0.2) is 31.3 Å². The third-order valence-electron chi connectivity index (χ3n) is 4.15. The Hall–Kier alpha value is -1.72. The molecule has 0 unspecified atom stereocenters. The Morgan fingerprint density at radius 1 is 1.12 bits per heavy atom. The molecule has 1 aromatic carbocycles. The highest BCUT2D eigenvalue weighted by Gasteiger charge is 2.25. The Balaban J connectivity index is 2.26. The van der Waals surface area contributed by atoms with Gasteiger partial charge >= 0.3 is 0 Å². The second kappa shape index (κ2) is 7.03. The minimum atomic E-state index is -3.52. The second-order valence-corrected chi connectivity index (χ2v) is 9.14. The summed E-state index contributed by atoms with van der Waals surface area (Å²) in [6, 6.07) is 11.4. The van der Waals surface area contributed by atoms with Gasteiger partial charge in [-0.2, -0.15) is 0 Å². The van der Waals surface area contributed by atoms with Crippen LogP contribution in [0.1, 0.15) is 37.6 Å². The van der Waals surface area contributed by atoms with Crippen molar-refractivity contribution in [1.29, 1.82) is 0 Å². The van der Waals surface area contributed by atoms with Crippen LogP contribution >= 0.6 is 0 Å². The Bertz CT molecular complexity index is 794. The lowest BCUT2D eigenvalue weighted by Gasteiger charge is -2.23. The van der Waals surface area contributed by atoms with E-state index in [0.717, 1.165) is 16.8 Å². The lowest BCUT2D eigenvalue weighted by molar-refractivity contribution is 0.470. The van der Waals surface area contributed by atoms with Crippen molar-refractivity contribution in [3.05, 3.63) is 59.4 Å². The molecule has 1 aromatic heterocycles. The smallest absolute Gasteiger partial charge is 0.243 e. The summed E-state index contributed by atoms with van der Waals surface area (Å²) in [5, 5.41) is 0. The molecule has 0 radical (unpaired) electrons. The Morgan fingerprint density at radius 2 is 1.83 bits per heavy atom. The Morgan fingerprint density at radius 3 is 2.42 bits per heavy atom. The number of hydrogen-bond acceptors (Lipinski definition) is 3. The van der Waals surface area contributed by atoms with Gasteiger partial charge in [0.15, 0.2) is 0 Å². The number of benzene rings is 1. The van der Waals surface area contributed by atoms with Gasteiger partial charge in [-0.3, -0.25) is 4.98 Å². The maximum absolute atomic E-state index is 13.0. The van der Waals surface area contributed by atoms with Crippen molar-refractivity contribution in [2.45, 2.75) is 44.4 Å². The molecular formula is C19H26N2O2S. The van der Waals surface area contributed by atoms with E-state index in [4.69, 9.17) is 0 Å². The summed E-state index contributed by atoms with van der Waals surface area (Å²) in [4.78, 5) is 4.64. The van der Waals surface area contributed by atoms with Gasteiger partial charge in [0.1, 0.15) is 0 Å². The van der Waals surface area contributed by atoms with Gasteiger partial charge < -0.3 is 0 Å². The SMILES string of the molecule is Cc1ccc(C(C)(C)C)cc1S(=O)(=O)N(C)CCc1ccccn1. The van der Waals surface area contributed by atoms with Crippen molar-refractivity contribution in [3.63, 3.8) is 0 Å². The average Bonchev–Trinajstić information content (AvgIpc) is 2.52. The monoisotopic (exact) mass is 346 g/mol. The van der Waals surface area contributed by atoms with Crippen molar-refractivity contribution >= 4 is 10.0 Å². The number of rotatable bonds is 5. The molecule has 0 aliphatic rings. The fourth-order valence-electron chi connectivity index (χ4n) is 2.45. The van der Waals surface area contributed by atoms with E-state index in [1.165, 1.54) is 4.31 Å². The molecular weight excluding hydrogens is 320 g/mol. The number of nitrogens with zero attached hydrogens (tertiary/aromatic N) is 2. The fraction of sp³-hybridized carbons (Fsp3) is 0.421. The second-order valence-electron chi connectivity index (χ2n) is 7.13. The first kappa shape index (κ1) is 18.6. The summed E-state index contributed by atoms with van der Waals surface area (Å²) in [5.41, 5.74) is 2.59. The first-order chi connectivity index (χ1) is 11.1. The molecule has 0 atom stereocenters. The molecule has 24 heavy (non-hydrogen) atoms. The lowest BCUT2D eigenvalue weighted by atomic mass is 9.87. The summed E-state index contributed by atoms with van der Waals surface area (Å²) in [6.07, 6.45) is 2.31. The highest BCUT2D eigenvalue weighted by molar-refractivity contribution is 7.89. The van der Waals surface area contributed by atoms with E-state index in [1.54, 1.807) is 13.2 Å². The van der Waals surface area contributed by atoms with Crippen LogP contribution in [0, 0.1) is 6.92 Å². The third kappa shape index (κ3) is 4.22. The number of aromatic nitrogens is 1. The number of hydrogen-bond donors (Lipinski definition) is 0.